The van der Waals surface area contributed by atoms with E-state index in [0.29, 0.717) is 11.2 Å². The van der Waals surface area contributed by atoms with E-state index in [1.54, 1.807) is 25.1 Å². The Bertz CT molecular complexity index is 1430. The van der Waals surface area contributed by atoms with Crippen LogP contribution in [0.2, 0.25) is 0 Å². The van der Waals surface area contributed by atoms with Crippen LogP contribution in [0.4, 0.5) is 5.69 Å². The molecule has 0 fully saturated rings. The molecule has 0 spiro atoms. The number of amides is 3. The number of anilines is 1. The molecule has 4 rings (SSSR count). The average Bonchev–Trinajstić information content (AvgIpc) is 3.18. The van der Waals surface area contributed by atoms with Gasteiger partial charge in [0.2, 0.25) is 0 Å². The maximum Gasteiger partial charge on any atom is 0.328 e. The third-order valence-corrected chi connectivity index (χ3v) is 6.19. The van der Waals surface area contributed by atoms with Gasteiger partial charge in [0.25, 0.3) is 5.91 Å². The lowest BCUT2D eigenvalue weighted by Gasteiger charge is -2.16. The highest BCUT2D eigenvalue weighted by molar-refractivity contribution is 9.10. The molecule has 1 aromatic heterocycles. The van der Waals surface area contributed by atoms with E-state index in [4.69, 9.17) is 0 Å². The number of benzene rings is 3. The minimum atomic E-state index is -0.881. The fraction of sp³-hybridized carbons (Fsp3) is 0.148. The molecule has 0 aliphatic rings. The van der Waals surface area contributed by atoms with Gasteiger partial charge in [-0.1, -0.05) is 64.0 Å². The van der Waals surface area contributed by atoms with Gasteiger partial charge in [-0.05, 0) is 62.2 Å². The molecule has 178 valence electrons. The first kappa shape index (κ1) is 24.2. The minimum absolute atomic E-state index is 0.190. The molecule has 1 atom stereocenters. The van der Waals surface area contributed by atoms with Gasteiger partial charge in [0, 0.05) is 15.5 Å². The third-order valence-electron chi connectivity index (χ3n) is 5.69. The first-order valence-electron chi connectivity index (χ1n) is 11.1. The molecule has 7 nitrogen and oxygen atoms in total. The molecule has 0 saturated heterocycles. The fourth-order valence-corrected chi connectivity index (χ4v) is 4.23. The average molecular weight is 533 g/mol. The summed E-state index contributed by atoms with van der Waals surface area (Å²) < 4.78 is 2.17. The van der Waals surface area contributed by atoms with Gasteiger partial charge in [-0.25, -0.2) is 4.68 Å². The molecule has 0 aliphatic heterocycles. The lowest BCUT2D eigenvalue weighted by atomic mass is 10.1. The van der Waals surface area contributed by atoms with Crippen molar-refractivity contribution in [2.75, 3.05) is 10.7 Å². The number of aryl methyl sites for hydroxylation is 2. The van der Waals surface area contributed by atoms with Crippen LogP contribution in [0.3, 0.4) is 0 Å². The summed E-state index contributed by atoms with van der Waals surface area (Å²) in [7, 11) is 0. The van der Waals surface area contributed by atoms with Gasteiger partial charge >= 0.3 is 11.8 Å². The summed E-state index contributed by atoms with van der Waals surface area (Å²) in [5.41, 5.74) is 6.90. The van der Waals surface area contributed by atoms with E-state index in [2.05, 4.69) is 32.0 Å². The molecular weight excluding hydrogens is 508 g/mol. The Morgan fingerprint density at radius 3 is 2.34 bits per heavy atom. The van der Waals surface area contributed by atoms with Crippen molar-refractivity contribution in [2.24, 2.45) is 0 Å². The van der Waals surface area contributed by atoms with Gasteiger partial charge in [-0.2, -0.15) is 0 Å². The Labute approximate surface area is 211 Å². The van der Waals surface area contributed by atoms with E-state index in [1.807, 2.05) is 68.4 Å². The Morgan fingerprint density at radius 1 is 0.886 bits per heavy atom. The number of nitrogens with zero attached hydrogens (tertiary/aromatic N) is 1. The van der Waals surface area contributed by atoms with Crippen molar-refractivity contribution in [2.45, 2.75) is 26.8 Å². The first-order valence-corrected chi connectivity index (χ1v) is 11.9. The smallest absolute Gasteiger partial charge is 0.328 e. The largest absolute Gasteiger partial charge is 0.341 e. The summed E-state index contributed by atoms with van der Waals surface area (Å²) in [5.74, 6) is -2.10. The quantitative estimate of drug-likeness (QED) is 0.307. The second kappa shape index (κ2) is 10.1. The van der Waals surface area contributed by atoms with Gasteiger partial charge in [0.1, 0.15) is 5.69 Å². The Kier molecular flexibility index (Phi) is 7.02. The highest BCUT2D eigenvalue weighted by Crippen LogP contribution is 2.25. The van der Waals surface area contributed by atoms with Gasteiger partial charge < -0.3 is 10.6 Å². The molecule has 4 aromatic rings. The lowest BCUT2D eigenvalue weighted by molar-refractivity contribution is -0.137. The second-order valence-electron chi connectivity index (χ2n) is 8.39. The van der Waals surface area contributed by atoms with Crippen LogP contribution in [0, 0.1) is 13.8 Å². The van der Waals surface area contributed by atoms with Gasteiger partial charge in [-0.3, -0.25) is 19.8 Å². The van der Waals surface area contributed by atoms with Crippen molar-refractivity contribution in [3.8, 4) is 0 Å². The number of fused-ring (bicyclic) bond motifs is 1. The lowest BCUT2D eigenvalue weighted by Crippen LogP contribution is -2.40. The van der Waals surface area contributed by atoms with Crippen molar-refractivity contribution in [3.63, 3.8) is 0 Å². The predicted molar refractivity (Wildman–Crippen MR) is 141 cm³/mol. The molecule has 35 heavy (non-hydrogen) atoms. The summed E-state index contributed by atoms with van der Waals surface area (Å²) >= 11 is 3.44. The number of halogens is 1. The van der Waals surface area contributed by atoms with Crippen LogP contribution in [0.25, 0.3) is 10.9 Å². The van der Waals surface area contributed by atoms with Gasteiger partial charge in [0.15, 0.2) is 0 Å². The molecule has 0 unspecified atom stereocenters. The zero-order valence-electron chi connectivity index (χ0n) is 19.6. The van der Waals surface area contributed by atoms with Crippen molar-refractivity contribution in [1.82, 2.24) is 9.99 Å². The van der Waals surface area contributed by atoms with Crippen LogP contribution in [0.1, 0.15) is 40.1 Å². The molecule has 0 saturated carbocycles. The number of hydrogen-bond acceptors (Lipinski definition) is 3. The first-order chi connectivity index (χ1) is 16.7. The van der Waals surface area contributed by atoms with Crippen LogP contribution >= 0.6 is 15.9 Å². The summed E-state index contributed by atoms with van der Waals surface area (Å²) in [4.78, 5) is 38.7. The Balaban J connectivity index is 1.60. The van der Waals surface area contributed by atoms with Crippen molar-refractivity contribution in [3.05, 3.63) is 99.7 Å². The molecule has 1 heterocycles. The summed E-state index contributed by atoms with van der Waals surface area (Å²) in [5, 5.41) is 6.32. The topological polar surface area (TPSA) is 92.2 Å². The predicted octanol–water partition coefficient (Wildman–Crippen LogP) is 5.22. The summed E-state index contributed by atoms with van der Waals surface area (Å²) in [6.07, 6.45) is 0. The van der Waals surface area contributed by atoms with Crippen LogP contribution in [-0.2, 0) is 9.59 Å². The van der Waals surface area contributed by atoms with Crippen molar-refractivity contribution < 1.29 is 14.4 Å². The number of carbonyl (C=O) groups is 3. The zero-order chi connectivity index (χ0) is 25.1. The maximum absolute atomic E-state index is 13.2. The molecular formula is C27H25BrN4O3. The van der Waals surface area contributed by atoms with Gasteiger partial charge in [0.05, 0.1) is 11.6 Å². The monoisotopic (exact) mass is 532 g/mol. The molecule has 0 bridgehead atoms. The molecule has 8 heteroatoms. The van der Waals surface area contributed by atoms with Crippen molar-refractivity contribution in [1.29, 1.82) is 0 Å². The minimum Gasteiger partial charge on any atom is -0.341 e. The third kappa shape index (κ3) is 5.44. The maximum atomic E-state index is 13.2. The molecule has 3 amide bonds. The second-order valence-corrected chi connectivity index (χ2v) is 9.30. The van der Waals surface area contributed by atoms with Crippen LogP contribution < -0.4 is 16.1 Å². The molecule has 3 aromatic carbocycles. The van der Waals surface area contributed by atoms with Gasteiger partial charge in [-0.15, -0.1) is 0 Å². The number of hydrogen-bond donors (Lipinski definition) is 3. The van der Waals surface area contributed by atoms with E-state index in [1.165, 1.54) is 4.68 Å². The van der Waals surface area contributed by atoms with E-state index in [9.17, 15) is 14.4 Å². The number of rotatable bonds is 5. The Morgan fingerprint density at radius 2 is 1.63 bits per heavy atom. The fourth-order valence-electron chi connectivity index (χ4n) is 3.85. The highest BCUT2D eigenvalue weighted by Gasteiger charge is 2.22. The molecule has 0 aliphatic carbocycles. The summed E-state index contributed by atoms with van der Waals surface area (Å²) in [6, 6.07) is 21.8. The molecule has 3 N–H and O–H groups in total. The highest BCUT2D eigenvalue weighted by atomic mass is 79.9. The van der Waals surface area contributed by atoms with Crippen LogP contribution in [-0.4, -0.2) is 22.4 Å². The summed E-state index contributed by atoms with van der Waals surface area (Å²) in [6.45, 7) is 5.69. The van der Waals surface area contributed by atoms with E-state index < -0.39 is 17.7 Å². The number of nitrogens with one attached hydrogen (secondary N) is 3. The van der Waals surface area contributed by atoms with E-state index >= 15 is 0 Å². The van der Waals surface area contributed by atoms with E-state index in [-0.39, 0.29) is 11.7 Å². The van der Waals surface area contributed by atoms with E-state index in [0.717, 1.165) is 26.5 Å². The zero-order valence-corrected chi connectivity index (χ0v) is 21.1. The normalized spacial score (nSPS) is 11.7. The standard InChI is InChI=1S/C27H25BrN4O3/c1-16-9-11-22(17(2)13-16)30-25(33)24-15-20-14-21(28)10-12-23(20)32(24)31-27(35)26(34)29-18(3)19-7-5-4-6-8-19/h4-15,18H,1-3H3,(H,29,34)(H,30,33)(H,31,35)/t18-/m1/s1. The SMILES string of the molecule is Cc1ccc(NC(=O)c2cc3cc(Br)ccc3n2NC(=O)C(=O)N[C@H](C)c2ccccc2)c(C)c1. The molecule has 0 radical (unpaired) electrons. The van der Waals surface area contributed by atoms with Crippen LogP contribution in [0.5, 0.6) is 0 Å². The van der Waals surface area contributed by atoms with Crippen molar-refractivity contribution >= 4 is 50.2 Å². The Hall–Kier alpha value is -3.91. The van der Waals surface area contributed by atoms with Crippen LogP contribution in [0.15, 0.2) is 77.3 Å². The number of aromatic nitrogens is 1. The number of carbonyl (C=O) groups excluding carboxylic acids is 3.